The molecule has 0 aliphatic carbocycles. The third-order valence-corrected chi connectivity index (χ3v) is 5.30. The molecule has 1 aliphatic heterocycles. The normalized spacial score (nSPS) is 26.1. The largest absolute Gasteiger partial charge is 0.390 e. The average molecular weight is 285 g/mol. The summed E-state index contributed by atoms with van der Waals surface area (Å²) in [6, 6.07) is 3.03. The lowest BCUT2D eigenvalue weighted by Crippen LogP contribution is -2.42. The van der Waals surface area contributed by atoms with E-state index in [0.717, 1.165) is 0 Å². The first-order chi connectivity index (χ1) is 8.93. The summed E-state index contributed by atoms with van der Waals surface area (Å²) >= 11 is 0. The first kappa shape index (κ1) is 14.4. The summed E-state index contributed by atoms with van der Waals surface area (Å²) in [5.41, 5.74) is 6.37. The molecule has 6 nitrogen and oxygen atoms in total. The van der Waals surface area contributed by atoms with E-state index in [2.05, 4.69) is 4.98 Å². The third-order valence-electron chi connectivity index (χ3n) is 3.38. The average Bonchev–Trinajstić information content (AvgIpc) is 2.53. The quantitative estimate of drug-likeness (QED) is 0.788. The van der Waals surface area contributed by atoms with Crippen molar-refractivity contribution >= 4 is 10.0 Å². The molecule has 2 heterocycles. The van der Waals surface area contributed by atoms with Crippen LogP contribution in [0.4, 0.5) is 0 Å². The smallest absolute Gasteiger partial charge is 0.260 e. The van der Waals surface area contributed by atoms with Crippen molar-refractivity contribution in [3.63, 3.8) is 0 Å². The van der Waals surface area contributed by atoms with Crippen molar-refractivity contribution in [2.45, 2.75) is 36.9 Å². The number of aromatic nitrogens is 1. The molecule has 1 aliphatic rings. The second-order valence-corrected chi connectivity index (χ2v) is 6.72. The summed E-state index contributed by atoms with van der Waals surface area (Å²) in [5, 5.41) is 9.91. The maximum Gasteiger partial charge on any atom is 0.260 e. The number of hydrogen-bond acceptors (Lipinski definition) is 5. The summed E-state index contributed by atoms with van der Waals surface area (Å²) in [6.07, 6.45) is 1.89. The van der Waals surface area contributed by atoms with Crippen LogP contribution in [0.3, 0.4) is 0 Å². The van der Waals surface area contributed by atoms with E-state index < -0.39 is 16.1 Å². The summed E-state index contributed by atoms with van der Waals surface area (Å²) < 4.78 is 26.3. The van der Waals surface area contributed by atoms with Crippen LogP contribution < -0.4 is 5.73 Å². The van der Waals surface area contributed by atoms with Crippen LogP contribution in [0.15, 0.2) is 23.4 Å². The number of sulfonamides is 1. The number of hydrogen-bond donors (Lipinski definition) is 2. The van der Waals surface area contributed by atoms with Gasteiger partial charge < -0.3 is 10.8 Å². The molecule has 106 valence electrons. The Balaban J connectivity index is 2.32. The molecule has 1 aromatic heterocycles. The minimum atomic E-state index is -3.67. The Hall–Kier alpha value is -1.02. The number of aliphatic hydroxyl groups excluding tert-OH is 1. The van der Waals surface area contributed by atoms with E-state index in [1.807, 2.05) is 0 Å². The zero-order chi connectivity index (χ0) is 14.0. The van der Waals surface area contributed by atoms with Gasteiger partial charge in [-0.05, 0) is 31.4 Å². The molecule has 2 rings (SSSR count). The summed E-state index contributed by atoms with van der Waals surface area (Å²) in [4.78, 5) is 3.96. The first-order valence-corrected chi connectivity index (χ1v) is 7.72. The Morgan fingerprint density at radius 3 is 2.95 bits per heavy atom. The van der Waals surface area contributed by atoms with Gasteiger partial charge in [0.15, 0.2) is 5.03 Å². The van der Waals surface area contributed by atoms with Crippen molar-refractivity contribution < 1.29 is 13.5 Å². The van der Waals surface area contributed by atoms with Crippen molar-refractivity contribution in [2.75, 3.05) is 13.1 Å². The van der Waals surface area contributed by atoms with Gasteiger partial charge in [-0.3, -0.25) is 0 Å². The molecule has 0 bridgehead atoms. The topological polar surface area (TPSA) is 96.5 Å². The zero-order valence-corrected chi connectivity index (χ0v) is 11.7. The highest BCUT2D eigenvalue weighted by molar-refractivity contribution is 7.89. The highest BCUT2D eigenvalue weighted by Crippen LogP contribution is 2.20. The fourth-order valence-corrected chi connectivity index (χ4v) is 3.84. The molecule has 2 atom stereocenters. The Kier molecular flexibility index (Phi) is 4.19. The van der Waals surface area contributed by atoms with Crippen molar-refractivity contribution in [2.24, 2.45) is 5.73 Å². The van der Waals surface area contributed by atoms with E-state index in [1.165, 1.54) is 10.5 Å². The van der Waals surface area contributed by atoms with Crippen LogP contribution in [-0.2, 0) is 10.0 Å². The minimum Gasteiger partial charge on any atom is -0.390 e. The van der Waals surface area contributed by atoms with Crippen molar-refractivity contribution in [3.8, 4) is 0 Å². The molecule has 0 saturated carbocycles. The lowest BCUT2D eigenvalue weighted by atomic mass is 10.1. The molecule has 7 heteroatoms. The molecule has 0 spiro atoms. The lowest BCUT2D eigenvalue weighted by molar-refractivity contribution is 0.130. The van der Waals surface area contributed by atoms with E-state index in [0.29, 0.717) is 24.9 Å². The number of β-amino-alcohol motifs (C(OH)–C–C–N with tert-alkyl or cyclic N) is 1. The number of aliphatic hydroxyl groups is 1. The SMILES string of the molecule is Cc1cccnc1S(=O)(=O)N1CCCC(N)C(O)C1. The maximum absolute atomic E-state index is 12.5. The maximum atomic E-state index is 12.5. The van der Waals surface area contributed by atoms with Crippen LogP contribution in [-0.4, -0.2) is 48.0 Å². The summed E-state index contributed by atoms with van der Waals surface area (Å²) in [7, 11) is -3.67. The molecule has 19 heavy (non-hydrogen) atoms. The lowest BCUT2D eigenvalue weighted by Gasteiger charge is -2.23. The van der Waals surface area contributed by atoms with E-state index in [4.69, 9.17) is 5.73 Å². The predicted octanol–water partition coefficient (Wildman–Crippen LogP) is -0.137. The van der Waals surface area contributed by atoms with Gasteiger partial charge in [-0.2, -0.15) is 4.31 Å². The van der Waals surface area contributed by atoms with Gasteiger partial charge in [0.2, 0.25) is 0 Å². The molecule has 3 N–H and O–H groups in total. The van der Waals surface area contributed by atoms with Crippen molar-refractivity contribution in [1.82, 2.24) is 9.29 Å². The molecular weight excluding hydrogens is 266 g/mol. The molecule has 1 saturated heterocycles. The highest BCUT2D eigenvalue weighted by Gasteiger charge is 2.32. The molecule has 1 fully saturated rings. The third kappa shape index (κ3) is 2.94. The first-order valence-electron chi connectivity index (χ1n) is 6.28. The molecule has 2 unspecified atom stereocenters. The Bertz CT molecular complexity index is 547. The molecular formula is C12H19N3O3S. The summed E-state index contributed by atoms with van der Waals surface area (Å²) in [5.74, 6) is 0. The zero-order valence-electron chi connectivity index (χ0n) is 10.9. The van der Waals surface area contributed by atoms with Crippen LogP contribution in [0.2, 0.25) is 0 Å². The van der Waals surface area contributed by atoms with Gasteiger partial charge in [0.25, 0.3) is 10.0 Å². The number of aryl methyl sites for hydroxylation is 1. The molecule has 1 aromatic rings. The number of pyridine rings is 1. The van der Waals surface area contributed by atoms with Gasteiger partial charge in [-0.1, -0.05) is 6.07 Å². The van der Waals surface area contributed by atoms with E-state index in [-0.39, 0.29) is 17.6 Å². The van der Waals surface area contributed by atoms with Crippen LogP contribution in [0, 0.1) is 6.92 Å². The van der Waals surface area contributed by atoms with Gasteiger partial charge >= 0.3 is 0 Å². The number of nitrogens with zero attached hydrogens (tertiary/aromatic N) is 2. The van der Waals surface area contributed by atoms with Crippen molar-refractivity contribution in [1.29, 1.82) is 0 Å². The second-order valence-electron chi connectivity index (χ2n) is 4.86. The van der Waals surface area contributed by atoms with E-state index in [9.17, 15) is 13.5 Å². The van der Waals surface area contributed by atoms with Crippen LogP contribution in [0.1, 0.15) is 18.4 Å². The predicted molar refractivity (Wildman–Crippen MR) is 70.9 cm³/mol. The summed E-state index contributed by atoms with van der Waals surface area (Å²) in [6.45, 7) is 2.10. The van der Waals surface area contributed by atoms with Crippen molar-refractivity contribution in [3.05, 3.63) is 23.9 Å². The standard InChI is InChI=1S/C12H19N3O3S/c1-9-4-2-6-14-12(9)19(17,18)15-7-3-5-10(13)11(16)8-15/h2,4,6,10-11,16H,3,5,7-8,13H2,1H3. The Labute approximate surface area is 113 Å². The van der Waals surface area contributed by atoms with Crippen LogP contribution in [0.25, 0.3) is 0 Å². The molecule has 0 radical (unpaired) electrons. The Morgan fingerprint density at radius 2 is 2.26 bits per heavy atom. The van der Waals surface area contributed by atoms with E-state index in [1.54, 1.807) is 19.1 Å². The second kappa shape index (κ2) is 5.54. The molecule has 0 aromatic carbocycles. The van der Waals surface area contributed by atoms with Gasteiger partial charge in [0, 0.05) is 25.3 Å². The number of nitrogens with two attached hydrogens (primary N) is 1. The monoisotopic (exact) mass is 285 g/mol. The minimum absolute atomic E-state index is 0.0273. The molecule has 0 amide bonds. The van der Waals surface area contributed by atoms with Gasteiger partial charge in [-0.15, -0.1) is 0 Å². The van der Waals surface area contributed by atoms with Gasteiger partial charge in [-0.25, -0.2) is 13.4 Å². The van der Waals surface area contributed by atoms with Gasteiger partial charge in [0.1, 0.15) is 0 Å². The number of rotatable bonds is 2. The highest BCUT2D eigenvalue weighted by atomic mass is 32.2. The van der Waals surface area contributed by atoms with E-state index >= 15 is 0 Å². The van der Waals surface area contributed by atoms with Crippen LogP contribution >= 0.6 is 0 Å². The van der Waals surface area contributed by atoms with Crippen LogP contribution in [0.5, 0.6) is 0 Å². The fraction of sp³-hybridized carbons (Fsp3) is 0.583. The fourth-order valence-electron chi connectivity index (χ4n) is 2.21. The Morgan fingerprint density at radius 1 is 1.53 bits per heavy atom. The van der Waals surface area contributed by atoms with Gasteiger partial charge in [0.05, 0.1) is 6.10 Å².